The quantitative estimate of drug-likeness (QED) is 0.708. The first kappa shape index (κ1) is 21.1. The molecule has 0 radical (unpaired) electrons. The maximum atomic E-state index is 12.5. The predicted octanol–water partition coefficient (Wildman–Crippen LogP) is 4.31. The molecule has 1 saturated heterocycles. The fraction of sp³-hybridized carbons (Fsp3) is 0.524. The number of piperazine rings is 1. The summed E-state index contributed by atoms with van der Waals surface area (Å²) in [4.78, 5) is 22.0. The van der Waals surface area contributed by atoms with E-state index in [2.05, 4.69) is 59.2 Å². The lowest BCUT2D eigenvalue weighted by Crippen LogP contribution is -2.46. The number of aromatic nitrogens is 1. The van der Waals surface area contributed by atoms with Gasteiger partial charge in [0.2, 0.25) is 5.91 Å². The fourth-order valence-electron chi connectivity index (χ4n) is 3.14. The lowest BCUT2D eigenvalue weighted by molar-refractivity contribution is -0.113. The zero-order valence-corrected chi connectivity index (χ0v) is 18.8. The first-order valence-electron chi connectivity index (χ1n) is 9.82. The van der Waals surface area contributed by atoms with E-state index >= 15 is 0 Å². The molecule has 3 rings (SSSR count). The maximum Gasteiger partial charge on any atom is 0.234 e. The maximum absolute atomic E-state index is 12.5. The summed E-state index contributed by atoms with van der Waals surface area (Å²) in [5.74, 6) is 0.381. The van der Waals surface area contributed by atoms with Crippen molar-refractivity contribution in [1.29, 1.82) is 0 Å². The largest absolute Gasteiger partial charge is 0.367 e. The van der Waals surface area contributed by atoms with Gasteiger partial charge < -0.3 is 15.1 Å². The molecule has 28 heavy (non-hydrogen) atoms. The van der Waals surface area contributed by atoms with Crippen molar-refractivity contribution in [2.75, 3.05) is 48.7 Å². The van der Waals surface area contributed by atoms with Crippen molar-refractivity contribution >= 4 is 40.4 Å². The Kier molecular flexibility index (Phi) is 7.01. The van der Waals surface area contributed by atoms with Crippen LogP contribution < -0.4 is 10.2 Å². The van der Waals surface area contributed by atoms with Gasteiger partial charge in [-0.05, 0) is 18.7 Å². The summed E-state index contributed by atoms with van der Waals surface area (Å²) in [7, 11) is 0. The Hall–Kier alpha value is -1.57. The lowest BCUT2D eigenvalue weighted by atomic mass is 9.93. The van der Waals surface area contributed by atoms with Gasteiger partial charge in [0.05, 0.1) is 22.8 Å². The Morgan fingerprint density at radius 1 is 1.21 bits per heavy atom. The van der Waals surface area contributed by atoms with Crippen LogP contribution in [0, 0.1) is 0 Å². The van der Waals surface area contributed by atoms with Crippen molar-refractivity contribution in [1.82, 2.24) is 9.88 Å². The highest BCUT2D eigenvalue weighted by Crippen LogP contribution is 2.30. The van der Waals surface area contributed by atoms with Crippen LogP contribution >= 0.6 is 23.1 Å². The summed E-state index contributed by atoms with van der Waals surface area (Å²) in [6.07, 6.45) is 0. The van der Waals surface area contributed by atoms with Gasteiger partial charge in [-0.25, -0.2) is 4.98 Å². The number of nitrogens with zero attached hydrogens (tertiary/aromatic N) is 3. The zero-order valence-electron chi connectivity index (χ0n) is 17.2. The number of hydrogen-bond donors (Lipinski definition) is 1. The summed E-state index contributed by atoms with van der Waals surface area (Å²) in [6.45, 7) is 13.9. The van der Waals surface area contributed by atoms with E-state index < -0.39 is 0 Å². The first-order valence-corrected chi connectivity index (χ1v) is 11.7. The number of hydrogen-bond acceptors (Lipinski definition) is 6. The average molecular weight is 419 g/mol. The summed E-state index contributed by atoms with van der Waals surface area (Å²) >= 11 is 3.12. The number of amides is 1. The topological polar surface area (TPSA) is 48.5 Å². The van der Waals surface area contributed by atoms with Crippen LogP contribution in [0.4, 0.5) is 11.4 Å². The second-order valence-electron chi connectivity index (χ2n) is 8.02. The molecule has 152 valence electrons. The molecule has 0 unspecified atom stereocenters. The average Bonchev–Trinajstić information content (AvgIpc) is 3.17. The molecule has 1 aromatic carbocycles. The van der Waals surface area contributed by atoms with Crippen LogP contribution in [0.5, 0.6) is 0 Å². The summed E-state index contributed by atoms with van der Waals surface area (Å²) in [5.41, 5.74) is 3.13. The molecular weight excluding hydrogens is 388 g/mol. The van der Waals surface area contributed by atoms with E-state index in [0.29, 0.717) is 5.75 Å². The van der Waals surface area contributed by atoms with Gasteiger partial charge in [-0.1, -0.05) is 51.6 Å². The van der Waals surface area contributed by atoms with Gasteiger partial charge in [0.1, 0.15) is 0 Å². The van der Waals surface area contributed by atoms with E-state index in [1.54, 1.807) is 11.3 Å². The monoisotopic (exact) mass is 418 g/mol. The molecule has 0 bridgehead atoms. The number of thioether (sulfide) groups is 1. The first-order chi connectivity index (χ1) is 13.4. The van der Waals surface area contributed by atoms with Crippen molar-refractivity contribution in [2.24, 2.45) is 0 Å². The van der Waals surface area contributed by atoms with Crippen LogP contribution in [0.1, 0.15) is 33.4 Å². The van der Waals surface area contributed by atoms with Crippen molar-refractivity contribution in [2.45, 2.75) is 37.4 Å². The Bertz CT molecular complexity index is 792. The number of thiazole rings is 1. The van der Waals surface area contributed by atoms with Crippen LogP contribution in [0.25, 0.3) is 0 Å². The number of anilines is 2. The fourth-order valence-corrected chi connectivity index (χ4v) is 4.99. The Morgan fingerprint density at radius 2 is 1.93 bits per heavy atom. The third-order valence-electron chi connectivity index (χ3n) is 4.92. The molecule has 1 fully saturated rings. The van der Waals surface area contributed by atoms with Crippen molar-refractivity contribution < 1.29 is 4.79 Å². The zero-order chi connectivity index (χ0) is 20.1. The molecule has 0 spiro atoms. The van der Waals surface area contributed by atoms with E-state index in [4.69, 9.17) is 0 Å². The molecule has 0 saturated carbocycles. The molecule has 2 aromatic rings. The predicted molar refractivity (Wildman–Crippen MR) is 121 cm³/mol. The standard InChI is InChI=1S/C21H30N4OS2/c1-5-24-10-12-25(13-11-24)17-9-7-6-8-16(17)22-19(26)15-28-20-23-18(14-27-20)21(2,3)4/h6-9,14H,5,10-13,15H2,1-4H3,(H,22,26). The SMILES string of the molecule is CCN1CCN(c2ccccc2NC(=O)CSc2nc(C(C)(C)C)cs2)CC1. The van der Waals surface area contributed by atoms with E-state index in [-0.39, 0.29) is 11.3 Å². The van der Waals surface area contributed by atoms with Crippen molar-refractivity contribution in [3.63, 3.8) is 0 Å². The third-order valence-corrected chi connectivity index (χ3v) is 6.94. The smallest absolute Gasteiger partial charge is 0.234 e. The third kappa shape index (κ3) is 5.49. The van der Waals surface area contributed by atoms with E-state index in [1.165, 1.54) is 11.8 Å². The van der Waals surface area contributed by atoms with Gasteiger partial charge in [0, 0.05) is 37.0 Å². The van der Waals surface area contributed by atoms with Crippen molar-refractivity contribution in [3.05, 3.63) is 35.3 Å². The summed E-state index contributed by atoms with van der Waals surface area (Å²) in [5, 5.41) is 5.19. The Balaban J connectivity index is 1.58. The molecule has 1 N–H and O–H groups in total. The number of benzene rings is 1. The molecule has 1 aliphatic rings. The van der Waals surface area contributed by atoms with Gasteiger partial charge in [-0.3, -0.25) is 4.79 Å². The van der Waals surface area contributed by atoms with Gasteiger partial charge in [0.15, 0.2) is 4.34 Å². The molecule has 1 amide bonds. The number of carbonyl (C=O) groups excluding carboxylic acids is 1. The summed E-state index contributed by atoms with van der Waals surface area (Å²) in [6, 6.07) is 8.10. The summed E-state index contributed by atoms with van der Waals surface area (Å²) < 4.78 is 0.948. The molecule has 5 nitrogen and oxygen atoms in total. The molecule has 0 atom stereocenters. The van der Waals surface area contributed by atoms with E-state index in [0.717, 1.165) is 54.1 Å². The number of carbonyl (C=O) groups is 1. The second-order valence-corrected chi connectivity index (χ2v) is 10.1. The molecule has 1 aliphatic heterocycles. The van der Waals surface area contributed by atoms with Gasteiger partial charge in [-0.2, -0.15) is 0 Å². The van der Waals surface area contributed by atoms with E-state index in [1.807, 2.05) is 18.2 Å². The number of nitrogens with one attached hydrogen (secondary N) is 1. The van der Waals surface area contributed by atoms with Crippen LogP contribution in [-0.4, -0.2) is 54.3 Å². The van der Waals surface area contributed by atoms with Crippen LogP contribution in [0.3, 0.4) is 0 Å². The molecule has 2 heterocycles. The van der Waals surface area contributed by atoms with Gasteiger partial charge in [0.25, 0.3) is 0 Å². The highest BCUT2D eigenvalue weighted by Gasteiger charge is 2.20. The number of likely N-dealkylation sites (N-methyl/N-ethyl adjacent to an activating group) is 1. The van der Waals surface area contributed by atoms with Crippen LogP contribution in [0.15, 0.2) is 34.0 Å². The Labute approximate surface area is 176 Å². The van der Waals surface area contributed by atoms with Crippen LogP contribution in [-0.2, 0) is 10.2 Å². The van der Waals surface area contributed by atoms with Gasteiger partial charge in [-0.15, -0.1) is 11.3 Å². The van der Waals surface area contributed by atoms with E-state index in [9.17, 15) is 4.79 Å². The Morgan fingerprint density at radius 3 is 2.57 bits per heavy atom. The minimum Gasteiger partial charge on any atom is -0.367 e. The second kappa shape index (κ2) is 9.29. The minimum atomic E-state index is 0.0113. The molecular formula is C21H30N4OS2. The van der Waals surface area contributed by atoms with Gasteiger partial charge >= 0.3 is 0 Å². The minimum absolute atomic E-state index is 0.0113. The molecule has 1 aromatic heterocycles. The highest BCUT2D eigenvalue weighted by atomic mass is 32.2. The molecule has 7 heteroatoms. The van der Waals surface area contributed by atoms with Crippen LogP contribution in [0.2, 0.25) is 0 Å². The molecule has 0 aliphatic carbocycles. The number of rotatable bonds is 6. The normalized spacial score (nSPS) is 15.6. The lowest BCUT2D eigenvalue weighted by Gasteiger charge is -2.36. The number of para-hydroxylation sites is 2. The highest BCUT2D eigenvalue weighted by molar-refractivity contribution is 8.01. The van der Waals surface area contributed by atoms with Crippen molar-refractivity contribution in [3.8, 4) is 0 Å².